The van der Waals surface area contributed by atoms with Crippen molar-refractivity contribution in [2.24, 2.45) is 0 Å². The van der Waals surface area contributed by atoms with Gasteiger partial charge in [-0.3, -0.25) is 9.52 Å². The average molecular weight is 379 g/mol. The first-order chi connectivity index (χ1) is 11.8. The van der Waals surface area contributed by atoms with Crippen LogP contribution in [0.25, 0.3) is 11.0 Å². The van der Waals surface area contributed by atoms with E-state index in [4.69, 9.17) is 16.0 Å². The van der Waals surface area contributed by atoms with Crippen molar-refractivity contribution >= 4 is 49.9 Å². The molecule has 6 nitrogen and oxygen atoms in total. The maximum atomic E-state index is 12.6. The molecule has 8 heteroatoms. The number of nitrogens with one attached hydrogen (secondary N) is 2. The first-order valence-electron chi connectivity index (χ1n) is 7.32. The Kier molecular flexibility index (Phi) is 4.45. The summed E-state index contributed by atoms with van der Waals surface area (Å²) in [6, 6.07) is 11.8. The van der Waals surface area contributed by atoms with Crippen LogP contribution in [0.3, 0.4) is 0 Å². The standard InChI is InChI=1S/C17H15ClN2O4S/c1-10-11-6-5-7-12(18)16(11)24-15(10)17(21)19-13-8-3-4-9-14(13)20-25(2,22)23/h3-9,20H,1-2H3,(H,19,21). The summed E-state index contributed by atoms with van der Waals surface area (Å²) in [6.07, 6.45) is 1.04. The first kappa shape index (κ1) is 17.3. The van der Waals surface area contributed by atoms with Crippen molar-refractivity contribution in [3.8, 4) is 0 Å². The van der Waals surface area contributed by atoms with E-state index in [-0.39, 0.29) is 11.4 Å². The van der Waals surface area contributed by atoms with Gasteiger partial charge < -0.3 is 9.73 Å². The highest BCUT2D eigenvalue weighted by atomic mass is 35.5. The van der Waals surface area contributed by atoms with Gasteiger partial charge in [0, 0.05) is 10.9 Å². The number of sulfonamides is 1. The lowest BCUT2D eigenvalue weighted by Crippen LogP contribution is -2.16. The van der Waals surface area contributed by atoms with Crippen LogP contribution in [0.15, 0.2) is 46.9 Å². The van der Waals surface area contributed by atoms with Gasteiger partial charge in [-0.15, -0.1) is 0 Å². The van der Waals surface area contributed by atoms with Crippen LogP contribution >= 0.6 is 11.6 Å². The van der Waals surface area contributed by atoms with Crippen LogP contribution in [0.5, 0.6) is 0 Å². The predicted octanol–water partition coefficient (Wildman–Crippen LogP) is 4.02. The Hall–Kier alpha value is -2.51. The van der Waals surface area contributed by atoms with Gasteiger partial charge in [0.1, 0.15) is 0 Å². The van der Waals surface area contributed by atoms with E-state index in [1.165, 1.54) is 0 Å². The fourth-order valence-corrected chi connectivity index (χ4v) is 3.28. The summed E-state index contributed by atoms with van der Waals surface area (Å²) in [5, 5.41) is 3.83. The molecule has 1 aromatic heterocycles. The molecule has 0 aliphatic rings. The van der Waals surface area contributed by atoms with Crippen LogP contribution in [0.1, 0.15) is 16.1 Å². The number of carbonyl (C=O) groups is 1. The van der Waals surface area contributed by atoms with E-state index < -0.39 is 15.9 Å². The molecule has 0 atom stereocenters. The fourth-order valence-electron chi connectivity index (χ4n) is 2.49. The van der Waals surface area contributed by atoms with E-state index in [1.807, 2.05) is 6.07 Å². The molecule has 2 N–H and O–H groups in total. The highest BCUT2D eigenvalue weighted by molar-refractivity contribution is 7.92. The molecule has 3 rings (SSSR count). The van der Waals surface area contributed by atoms with E-state index in [0.717, 1.165) is 11.6 Å². The summed E-state index contributed by atoms with van der Waals surface area (Å²) in [7, 11) is -3.48. The number of anilines is 2. The molecular formula is C17H15ClN2O4S. The van der Waals surface area contributed by atoms with Crippen LogP contribution in [-0.2, 0) is 10.0 Å². The minimum absolute atomic E-state index is 0.122. The number of amides is 1. The quantitative estimate of drug-likeness (QED) is 0.717. The summed E-state index contributed by atoms with van der Waals surface area (Å²) in [6.45, 7) is 1.76. The zero-order valence-corrected chi connectivity index (χ0v) is 15.0. The maximum absolute atomic E-state index is 12.6. The second-order valence-corrected chi connectivity index (χ2v) is 7.70. The fraction of sp³-hybridized carbons (Fsp3) is 0.118. The number of aryl methyl sites for hydroxylation is 1. The smallest absolute Gasteiger partial charge is 0.291 e. The second-order valence-electron chi connectivity index (χ2n) is 5.55. The molecule has 0 unspecified atom stereocenters. The van der Waals surface area contributed by atoms with Crippen molar-refractivity contribution in [2.75, 3.05) is 16.3 Å². The van der Waals surface area contributed by atoms with Gasteiger partial charge in [-0.2, -0.15) is 0 Å². The molecular weight excluding hydrogens is 364 g/mol. The third-order valence-corrected chi connectivity index (χ3v) is 4.48. The normalized spacial score (nSPS) is 11.5. The molecule has 1 heterocycles. The number of halogens is 1. The SMILES string of the molecule is Cc1c(C(=O)Nc2ccccc2NS(C)(=O)=O)oc2c(Cl)cccc12. The van der Waals surface area contributed by atoms with E-state index in [9.17, 15) is 13.2 Å². The minimum Gasteiger partial charge on any atom is -0.449 e. The molecule has 0 radical (unpaired) electrons. The number of hydrogen-bond acceptors (Lipinski definition) is 4. The third-order valence-electron chi connectivity index (χ3n) is 3.59. The molecule has 0 saturated carbocycles. The summed E-state index contributed by atoms with van der Waals surface area (Å²) < 4.78 is 30.9. The van der Waals surface area contributed by atoms with Crippen molar-refractivity contribution < 1.29 is 17.6 Å². The first-order valence-corrected chi connectivity index (χ1v) is 9.59. The minimum atomic E-state index is -3.48. The third kappa shape index (κ3) is 3.62. The number of fused-ring (bicyclic) bond motifs is 1. The molecule has 0 aliphatic heterocycles. The number of carbonyl (C=O) groups excluding carboxylic acids is 1. The van der Waals surface area contributed by atoms with Gasteiger partial charge in [0.25, 0.3) is 5.91 Å². The monoisotopic (exact) mass is 378 g/mol. The molecule has 0 fully saturated rings. The number of furan rings is 1. The Balaban J connectivity index is 1.96. The van der Waals surface area contributed by atoms with Gasteiger partial charge in [0.15, 0.2) is 11.3 Å². The van der Waals surface area contributed by atoms with Crippen LogP contribution in [0.2, 0.25) is 5.02 Å². The number of rotatable bonds is 4. The highest BCUT2D eigenvalue weighted by Gasteiger charge is 2.20. The molecule has 2 aromatic carbocycles. The molecule has 0 bridgehead atoms. The second kappa shape index (κ2) is 6.42. The molecule has 3 aromatic rings. The summed E-state index contributed by atoms with van der Waals surface area (Å²) >= 11 is 6.10. The van der Waals surface area contributed by atoms with Gasteiger partial charge in [0.05, 0.1) is 22.7 Å². The molecule has 130 valence electrons. The van der Waals surface area contributed by atoms with E-state index >= 15 is 0 Å². The Morgan fingerprint density at radius 2 is 1.76 bits per heavy atom. The predicted molar refractivity (Wildman–Crippen MR) is 98.8 cm³/mol. The van der Waals surface area contributed by atoms with Crippen molar-refractivity contribution in [1.82, 2.24) is 0 Å². The van der Waals surface area contributed by atoms with Gasteiger partial charge in [-0.25, -0.2) is 8.42 Å². The van der Waals surface area contributed by atoms with Crippen molar-refractivity contribution in [3.63, 3.8) is 0 Å². The zero-order chi connectivity index (χ0) is 18.2. The molecule has 0 saturated heterocycles. The van der Waals surface area contributed by atoms with Gasteiger partial charge in [-0.1, -0.05) is 35.9 Å². The van der Waals surface area contributed by atoms with Crippen molar-refractivity contribution in [3.05, 3.63) is 58.8 Å². The zero-order valence-electron chi connectivity index (χ0n) is 13.5. The van der Waals surface area contributed by atoms with Gasteiger partial charge in [-0.05, 0) is 25.1 Å². The largest absolute Gasteiger partial charge is 0.449 e. The lowest BCUT2D eigenvalue weighted by Gasteiger charge is -2.11. The lowest BCUT2D eigenvalue weighted by atomic mass is 10.1. The summed E-state index contributed by atoms with van der Waals surface area (Å²) in [5.41, 5.74) is 1.69. The van der Waals surface area contributed by atoms with Gasteiger partial charge in [0.2, 0.25) is 10.0 Å². The Morgan fingerprint density at radius 1 is 1.08 bits per heavy atom. The highest BCUT2D eigenvalue weighted by Crippen LogP contribution is 2.31. The van der Waals surface area contributed by atoms with Crippen molar-refractivity contribution in [1.29, 1.82) is 0 Å². The van der Waals surface area contributed by atoms with E-state index in [1.54, 1.807) is 43.3 Å². The maximum Gasteiger partial charge on any atom is 0.291 e. The van der Waals surface area contributed by atoms with Crippen molar-refractivity contribution in [2.45, 2.75) is 6.92 Å². The summed E-state index contributed by atoms with van der Waals surface area (Å²) in [5.74, 6) is -0.371. The number of para-hydroxylation sites is 3. The molecule has 0 spiro atoms. The van der Waals surface area contributed by atoms with Crippen LogP contribution in [0.4, 0.5) is 11.4 Å². The molecule has 25 heavy (non-hydrogen) atoms. The Bertz CT molecular complexity index is 1070. The Morgan fingerprint density at radius 3 is 2.40 bits per heavy atom. The average Bonchev–Trinajstić information content (AvgIpc) is 2.87. The van der Waals surface area contributed by atoms with E-state index in [2.05, 4.69) is 10.0 Å². The van der Waals surface area contributed by atoms with Crippen LogP contribution in [0, 0.1) is 6.92 Å². The topological polar surface area (TPSA) is 88.4 Å². The number of hydrogen-bond donors (Lipinski definition) is 2. The molecule has 1 amide bonds. The van der Waals surface area contributed by atoms with Gasteiger partial charge >= 0.3 is 0 Å². The van der Waals surface area contributed by atoms with Crippen LogP contribution < -0.4 is 10.0 Å². The number of benzene rings is 2. The van der Waals surface area contributed by atoms with Crippen LogP contribution in [-0.4, -0.2) is 20.6 Å². The summed E-state index contributed by atoms with van der Waals surface area (Å²) in [4.78, 5) is 12.6. The lowest BCUT2D eigenvalue weighted by molar-refractivity contribution is 0.0998. The molecule has 0 aliphatic carbocycles. The Labute approximate surface area is 149 Å². The van der Waals surface area contributed by atoms with E-state index in [0.29, 0.717) is 21.9 Å².